The second-order valence-corrected chi connectivity index (χ2v) is 6.45. The van der Waals surface area contributed by atoms with Crippen molar-refractivity contribution < 1.29 is 14.3 Å². The largest absolute Gasteiger partial charge is 0.456 e. The van der Waals surface area contributed by atoms with Gasteiger partial charge in [0.2, 0.25) is 0 Å². The molecule has 0 saturated carbocycles. The first-order chi connectivity index (χ1) is 11.4. The van der Waals surface area contributed by atoms with E-state index in [-0.39, 0.29) is 24.4 Å². The van der Waals surface area contributed by atoms with Crippen molar-refractivity contribution in [2.75, 3.05) is 11.9 Å². The molecule has 24 heavy (non-hydrogen) atoms. The SMILES string of the molecule is Cc1ccc(NC(=O)COC(=O)CCn2c(C)csc2=O)cc1Cl. The summed E-state index contributed by atoms with van der Waals surface area (Å²) in [5.41, 5.74) is 2.24. The molecule has 0 aliphatic rings. The maximum Gasteiger partial charge on any atom is 0.308 e. The number of esters is 1. The van der Waals surface area contributed by atoms with Gasteiger partial charge in [0, 0.05) is 28.3 Å². The second kappa shape index (κ2) is 8.12. The highest BCUT2D eigenvalue weighted by Gasteiger charge is 2.10. The van der Waals surface area contributed by atoms with E-state index in [0.717, 1.165) is 22.6 Å². The van der Waals surface area contributed by atoms with Gasteiger partial charge >= 0.3 is 10.8 Å². The number of anilines is 1. The second-order valence-electron chi connectivity index (χ2n) is 5.22. The Balaban J connectivity index is 1.77. The van der Waals surface area contributed by atoms with Crippen LogP contribution in [-0.4, -0.2) is 23.1 Å². The lowest BCUT2D eigenvalue weighted by Crippen LogP contribution is -2.22. The number of nitrogens with zero attached hydrogens (tertiary/aromatic N) is 1. The van der Waals surface area contributed by atoms with Crippen molar-refractivity contribution in [1.82, 2.24) is 4.57 Å². The predicted molar refractivity (Wildman–Crippen MR) is 93.7 cm³/mol. The van der Waals surface area contributed by atoms with E-state index in [1.165, 1.54) is 4.57 Å². The van der Waals surface area contributed by atoms with Crippen LogP contribution in [0.15, 0.2) is 28.4 Å². The molecule has 128 valence electrons. The maximum atomic E-state index is 11.8. The number of nitrogens with one attached hydrogen (secondary N) is 1. The van der Waals surface area contributed by atoms with E-state index in [1.807, 2.05) is 6.92 Å². The summed E-state index contributed by atoms with van der Waals surface area (Å²) in [5.74, 6) is -0.989. The lowest BCUT2D eigenvalue weighted by molar-refractivity contribution is -0.147. The molecule has 0 unspecified atom stereocenters. The van der Waals surface area contributed by atoms with Crippen molar-refractivity contribution in [3.8, 4) is 0 Å². The zero-order valence-corrected chi connectivity index (χ0v) is 14.9. The van der Waals surface area contributed by atoms with E-state index in [2.05, 4.69) is 5.32 Å². The van der Waals surface area contributed by atoms with E-state index < -0.39 is 11.9 Å². The Bertz CT molecular complexity index is 813. The Morgan fingerprint density at radius 3 is 2.71 bits per heavy atom. The van der Waals surface area contributed by atoms with Gasteiger partial charge in [0.05, 0.1) is 6.42 Å². The highest BCUT2D eigenvalue weighted by Crippen LogP contribution is 2.19. The minimum absolute atomic E-state index is 0.0289. The van der Waals surface area contributed by atoms with Crippen molar-refractivity contribution in [2.24, 2.45) is 0 Å². The average molecular weight is 369 g/mol. The molecule has 1 amide bonds. The highest BCUT2D eigenvalue weighted by atomic mass is 35.5. The van der Waals surface area contributed by atoms with Gasteiger partial charge in [-0.3, -0.25) is 14.4 Å². The van der Waals surface area contributed by atoms with Gasteiger partial charge in [-0.1, -0.05) is 29.0 Å². The summed E-state index contributed by atoms with van der Waals surface area (Å²) in [6.07, 6.45) is 0.0289. The van der Waals surface area contributed by atoms with E-state index in [9.17, 15) is 14.4 Å². The predicted octanol–water partition coefficient (Wildman–Crippen LogP) is 2.75. The molecule has 1 aromatic carbocycles. The lowest BCUT2D eigenvalue weighted by atomic mass is 10.2. The standard InChI is InChI=1S/C16H17ClN2O4S/c1-10-3-4-12(7-13(10)17)18-14(20)8-23-15(21)5-6-19-11(2)9-24-16(19)22/h3-4,7,9H,5-6,8H2,1-2H3,(H,18,20). The van der Waals surface area contributed by atoms with Crippen LogP contribution in [0.5, 0.6) is 0 Å². The van der Waals surface area contributed by atoms with Crippen LogP contribution in [0.25, 0.3) is 0 Å². The summed E-state index contributed by atoms with van der Waals surface area (Å²) in [7, 11) is 0. The van der Waals surface area contributed by atoms with E-state index >= 15 is 0 Å². The van der Waals surface area contributed by atoms with Crippen molar-refractivity contribution >= 4 is 40.5 Å². The molecule has 0 atom stereocenters. The average Bonchev–Trinajstić information content (AvgIpc) is 2.85. The molecule has 1 heterocycles. The first-order valence-corrected chi connectivity index (χ1v) is 8.49. The molecule has 0 aliphatic carbocycles. The minimum Gasteiger partial charge on any atom is -0.456 e. The van der Waals surface area contributed by atoms with E-state index in [0.29, 0.717) is 10.7 Å². The van der Waals surface area contributed by atoms with E-state index in [4.69, 9.17) is 16.3 Å². The number of aromatic nitrogens is 1. The summed E-state index contributed by atoms with van der Waals surface area (Å²) in [6, 6.07) is 5.12. The van der Waals surface area contributed by atoms with Crippen molar-refractivity contribution in [2.45, 2.75) is 26.8 Å². The Morgan fingerprint density at radius 2 is 2.08 bits per heavy atom. The fraction of sp³-hybridized carbons (Fsp3) is 0.312. The van der Waals surface area contributed by atoms with Gasteiger partial charge in [-0.05, 0) is 31.5 Å². The number of rotatable bonds is 6. The van der Waals surface area contributed by atoms with Crippen LogP contribution < -0.4 is 10.2 Å². The number of benzene rings is 1. The topological polar surface area (TPSA) is 77.4 Å². The number of carbonyl (C=O) groups is 2. The van der Waals surface area contributed by atoms with Crippen molar-refractivity contribution in [3.05, 3.63) is 49.5 Å². The van der Waals surface area contributed by atoms with E-state index in [1.54, 1.807) is 30.5 Å². The van der Waals surface area contributed by atoms with Gasteiger partial charge in [0.25, 0.3) is 5.91 Å². The van der Waals surface area contributed by atoms with Gasteiger partial charge in [-0.2, -0.15) is 0 Å². The summed E-state index contributed by atoms with van der Waals surface area (Å²) >= 11 is 7.06. The zero-order chi connectivity index (χ0) is 17.7. The number of amides is 1. The molecular formula is C16H17ClN2O4S. The molecule has 0 spiro atoms. The zero-order valence-electron chi connectivity index (χ0n) is 13.3. The Labute approximate surface area is 148 Å². The summed E-state index contributed by atoms with van der Waals surface area (Å²) in [5, 5.41) is 4.87. The monoisotopic (exact) mass is 368 g/mol. The van der Waals surface area contributed by atoms with Crippen LogP contribution in [0.1, 0.15) is 17.7 Å². The van der Waals surface area contributed by atoms with Gasteiger partial charge in [-0.15, -0.1) is 0 Å². The first kappa shape index (κ1) is 18.2. The summed E-state index contributed by atoms with van der Waals surface area (Å²) in [4.78, 5) is 34.9. The number of thiazole rings is 1. The minimum atomic E-state index is -0.537. The molecule has 0 radical (unpaired) electrons. The third-order valence-corrected chi connectivity index (χ3v) is 4.62. The molecule has 8 heteroatoms. The Kier molecular flexibility index (Phi) is 6.16. The molecule has 6 nitrogen and oxygen atoms in total. The van der Waals surface area contributed by atoms with Crippen molar-refractivity contribution in [1.29, 1.82) is 0 Å². The third kappa shape index (κ3) is 4.94. The smallest absolute Gasteiger partial charge is 0.308 e. The molecule has 0 bridgehead atoms. The van der Waals surface area contributed by atoms with Crippen LogP contribution in [0.4, 0.5) is 5.69 Å². The molecule has 1 aromatic heterocycles. The lowest BCUT2D eigenvalue weighted by Gasteiger charge is -2.08. The maximum absolute atomic E-state index is 11.8. The molecule has 0 aliphatic heterocycles. The number of hydrogen-bond donors (Lipinski definition) is 1. The van der Waals surface area contributed by atoms with Crippen LogP contribution in [0.2, 0.25) is 5.02 Å². The van der Waals surface area contributed by atoms with Crippen molar-refractivity contribution in [3.63, 3.8) is 0 Å². The number of halogens is 1. The van der Waals surface area contributed by atoms with Gasteiger partial charge in [0.1, 0.15) is 0 Å². The highest BCUT2D eigenvalue weighted by molar-refractivity contribution is 7.07. The van der Waals surface area contributed by atoms with Crippen LogP contribution in [0.3, 0.4) is 0 Å². The van der Waals surface area contributed by atoms with Crippen LogP contribution in [-0.2, 0) is 20.9 Å². The van der Waals surface area contributed by atoms with Crippen LogP contribution in [0, 0.1) is 13.8 Å². The van der Waals surface area contributed by atoms with Gasteiger partial charge < -0.3 is 14.6 Å². The van der Waals surface area contributed by atoms with Crippen LogP contribution >= 0.6 is 22.9 Å². The normalized spacial score (nSPS) is 10.5. The van der Waals surface area contributed by atoms with Gasteiger partial charge in [0.15, 0.2) is 6.61 Å². The number of aryl methyl sites for hydroxylation is 2. The summed E-state index contributed by atoms with van der Waals surface area (Å²) < 4.78 is 6.41. The Morgan fingerprint density at radius 1 is 1.33 bits per heavy atom. The summed E-state index contributed by atoms with van der Waals surface area (Å²) in [6.45, 7) is 3.50. The number of carbonyl (C=O) groups excluding carboxylic acids is 2. The molecule has 0 fully saturated rings. The first-order valence-electron chi connectivity index (χ1n) is 7.23. The fourth-order valence-corrected chi connectivity index (χ4v) is 2.91. The molecule has 0 saturated heterocycles. The quantitative estimate of drug-likeness (QED) is 0.795. The molecule has 1 N–H and O–H groups in total. The van der Waals surface area contributed by atoms with Gasteiger partial charge in [-0.25, -0.2) is 0 Å². The number of ether oxygens (including phenoxy) is 1. The molecule has 2 rings (SSSR count). The molecule has 2 aromatic rings. The molecular weight excluding hydrogens is 352 g/mol. The third-order valence-electron chi connectivity index (χ3n) is 3.34. The Hall–Kier alpha value is -2.12. The fourth-order valence-electron chi connectivity index (χ4n) is 1.96. The number of hydrogen-bond acceptors (Lipinski definition) is 5.